The number of nitrogens with zero attached hydrogens (tertiary/aromatic N) is 2. The highest BCUT2D eigenvalue weighted by Crippen LogP contribution is 2.30. The van der Waals surface area contributed by atoms with Crippen LogP contribution in [-0.2, 0) is 6.54 Å². The molecule has 0 saturated carbocycles. The van der Waals surface area contributed by atoms with Crippen LogP contribution in [0, 0.1) is 0 Å². The predicted molar refractivity (Wildman–Crippen MR) is 83.5 cm³/mol. The minimum atomic E-state index is 0.599. The number of piperidine rings is 1. The van der Waals surface area contributed by atoms with Gasteiger partial charge in [-0.2, -0.15) is 0 Å². The second kappa shape index (κ2) is 5.81. The summed E-state index contributed by atoms with van der Waals surface area (Å²) in [6.07, 6.45) is 4.11. The highest BCUT2D eigenvalue weighted by Gasteiger charge is 2.29. The molecule has 3 rings (SSSR count). The Kier molecular flexibility index (Phi) is 4.10. The highest BCUT2D eigenvalue weighted by molar-refractivity contribution is 9.10. The molecule has 0 aromatic heterocycles. The predicted octanol–water partition coefficient (Wildman–Crippen LogP) is 2.58. The Morgan fingerprint density at radius 3 is 2.95 bits per heavy atom. The Labute approximate surface area is 123 Å². The standard InChI is InChI=1S/C15H22BrN3/c16-14-5-3-6-15(13(14)10-17)19-9-8-18-7-2-1-4-12(18)11-19/h3,5-6,12H,1-2,4,7-11,17H2. The number of fused-ring (bicyclic) bond motifs is 1. The summed E-state index contributed by atoms with van der Waals surface area (Å²) in [6, 6.07) is 7.16. The first-order valence-corrected chi connectivity index (χ1v) is 8.05. The molecule has 1 aromatic carbocycles. The van der Waals surface area contributed by atoms with E-state index in [1.54, 1.807) is 0 Å². The van der Waals surface area contributed by atoms with E-state index in [-0.39, 0.29) is 0 Å². The van der Waals surface area contributed by atoms with E-state index in [0.717, 1.165) is 23.6 Å². The molecule has 19 heavy (non-hydrogen) atoms. The van der Waals surface area contributed by atoms with Gasteiger partial charge in [-0.15, -0.1) is 0 Å². The average Bonchev–Trinajstić information content (AvgIpc) is 2.46. The molecule has 0 aliphatic carbocycles. The van der Waals surface area contributed by atoms with E-state index in [0.29, 0.717) is 6.54 Å². The molecule has 1 atom stereocenters. The molecule has 104 valence electrons. The lowest BCUT2D eigenvalue weighted by Gasteiger charge is -2.45. The van der Waals surface area contributed by atoms with Crippen molar-refractivity contribution in [3.63, 3.8) is 0 Å². The lowest BCUT2D eigenvalue weighted by atomic mass is 9.98. The zero-order valence-electron chi connectivity index (χ0n) is 11.3. The smallest absolute Gasteiger partial charge is 0.0424 e. The lowest BCUT2D eigenvalue weighted by Crippen LogP contribution is -2.55. The molecule has 4 heteroatoms. The molecule has 2 heterocycles. The molecule has 2 N–H and O–H groups in total. The largest absolute Gasteiger partial charge is 0.368 e. The number of piperazine rings is 1. The van der Waals surface area contributed by atoms with Crippen molar-refractivity contribution in [1.82, 2.24) is 4.90 Å². The first-order valence-electron chi connectivity index (χ1n) is 7.26. The van der Waals surface area contributed by atoms with Crippen molar-refractivity contribution in [2.75, 3.05) is 31.1 Å². The number of anilines is 1. The summed E-state index contributed by atoms with van der Waals surface area (Å²) in [6.45, 7) is 5.37. The van der Waals surface area contributed by atoms with E-state index in [1.807, 2.05) is 0 Å². The SMILES string of the molecule is NCc1c(Br)cccc1N1CCN2CCCCC2C1. The summed E-state index contributed by atoms with van der Waals surface area (Å²) in [5, 5.41) is 0. The maximum atomic E-state index is 5.92. The van der Waals surface area contributed by atoms with Gasteiger partial charge < -0.3 is 10.6 Å². The topological polar surface area (TPSA) is 32.5 Å². The Morgan fingerprint density at radius 1 is 1.21 bits per heavy atom. The van der Waals surface area contributed by atoms with Crippen molar-refractivity contribution in [3.8, 4) is 0 Å². The van der Waals surface area contributed by atoms with E-state index in [9.17, 15) is 0 Å². The van der Waals surface area contributed by atoms with Crippen LogP contribution in [0.3, 0.4) is 0 Å². The van der Waals surface area contributed by atoms with Crippen molar-refractivity contribution < 1.29 is 0 Å². The van der Waals surface area contributed by atoms with Crippen LogP contribution in [0.1, 0.15) is 24.8 Å². The maximum Gasteiger partial charge on any atom is 0.0424 e. The van der Waals surface area contributed by atoms with E-state index in [4.69, 9.17) is 5.73 Å². The molecule has 2 aliphatic rings. The van der Waals surface area contributed by atoms with Crippen LogP contribution in [0.2, 0.25) is 0 Å². The molecular formula is C15H22BrN3. The number of rotatable bonds is 2. The van der Waals surface area contributed by atoms with Gasteiger partial charge >= 0.3 is 0 Å². The molecule has 2 fully saturated rings. The van der Waals surface area contributed by atoms with Crippen molar-refractivity contribution in [2.24, 2.45) is 5.73 Å². The fourth-order valence-corrected chi connectivity index (χ4v) is 3.94. The first kappa shape index (κ1) is 13.4. The molecule has 0 spiro atoms. The fraction of sp³-hybridized carbons (Fsp3) is 0.600. The molecule has 0 radical (unpaired) electrons. The Balaban J connectivity index is 1.81. The number of benzene rings is 1. The van der Waals surface area contributed by atoms with E-state index < -0.39 is 0 Å². The third-order valence-electron chi connectivity index (χ3n) is 4.48. The molecule has 1 unspecified atom stereocenters. The zero-order valence-corrected chi connectivity index (χ0v) is 12.9. The van der Waals surface area contributed by atoms with Gasteiger partial charge in [0.2, 0.25) is 0 Å². The summed E-state index contributed by atoms with van der Waals surface area (Å²) in [5.41, 5.74) is 8.49. The van der Waals surface area contributed by atoms with Gasteiger partial charge in [-0.1, -0.05) is 28.4 Å². The monoisotopic (exact) mass is 323 g/mol. The van der Waals surface area contributed by atoms with Crippen molar-refractivity contribution in [3.05, 3.63) is 28.2 Å². The number of nitrogens with two attached hydrogens (primary N) is 1. The van der Waals surface area contributed by atoms with Gasteiger partial charge in [0.15, 0.2) is 0 Å². The minimum Gasteiger partial charge on any atom is -0.368 e. The number of hydrogen-bond donors (Lipinski definition) is 1. The molecule has 0 amide bonds. The summed E-state index contributed by atoms with van der Waals surface area (Å²) in [5.74, 6) is 0. The second-order valence-corrected chi connectivity index (χ2v) is 6.43. The number of halogens is 1. The third kappa shape index (κ3) is 2.67. The fourth-order valence-electron chi connectivity index (χ4n) is 3.42. The summed E-state index contributed by atoms with van der Waals surface area (Å²) < 4.78 is 1.14. The van der Waals surface area contributed by atoms with E-state index in [2.05, 4.69) is 43.9 Å². The molecule has 1 aromatic rings. The molecule has 2 aliphatic heterocycles. The van der Waals surface area contributed by atoms with Crippen LogP contribution < -0.4 is 10.6 Å². The van der Waals surface area contributed by atoms with Crippen molar-refractivity contribution >= 4 is 21.6 Å². The molecular weight excluding hydrogens is 302 g/mol. The lowest BCUT2D eigenvalue weighted by molar-refractivity contribution is 0.133. The third-order valence-corrected chi connectivity index (χ3v) is 5.22. The van der Waals surface area contributed by atoms with Gasteiger partial charge in [0.05, 0.1) is 0 Å². The van der Waals surface area contributed by atoms with Crippen molar-refractivity contribution in [1.29, 1.82) is 0 Å². The van der Waals surface area contributed by atoms with Crippen molar-refractivity contribution in [2.45, 2.75) is 31.8 Å². The molecule has 2 saturated heterocycles. The normalized spacial score (nSPS) is 24.3. The van der Waals surface area contributed by atoms with Gasteiger partial charge in [-0.3, -0.25) is 4.90 Å². The Bertz CT molecular complexity index is 449. The quantitative estimate of drug-likeness (QED) is 0.908. The van der Waals surface area contributed by atoms with Gasteiger partial charge in [-0.25, -0.2) is 0 Å². The minimum absolute atomic E-state index is 0.599. The Morgan fingerprint density at radius 2 is 2.11 bits per heavy atom. The van der Waals surface area contributed by atoms with Crippen LogP contribution in [0.5, 0.6) is 0 Å². The first-order chi connectivity index (χ1) is 9.29. The second-order valence-electron chi connectivity index (χ2n) is 5.57. The summed E-state index contributed by atoms with van der Waals surface area (Å²) >= 11 is 3.63. The molecule has 0 bridgehead atoms. The summed E-state index contributed by atoms with van der Waals surface area (Å²) in [7, 11) is 0. The van der Waals surface area contributed by atoms with Gasteiger partial charge in [0.25, 0.3) is 0 Å². The van der Waals surface area contributed by atoms with Gasteiger partial charge in [0, 0.05) is 47.9 Å². The zero-order chi connectivity index (χ0) is 13.2. The van der Waals surface area contributed by atoms with Crippen LogP contribution in [0.4, 0.5) is 5.69 Å². The average molecular weight is 324 g/mol. The Hall–Kier alpha value is -0.580. The number of hydrogen-bond acceptors (Lipinski definition) is 3. The van der Waals surface area contributed by atoms with Crippen LogP contribution in [0.15, 0.2) is 22.7 Å². The highest BCUT2D eigenvalue weighted by atomic mass is 79.9. The van der Waals surface area contributed by atoms with Crippen LogP contribution >= 0.6 is 15.9 Å². The van der Waals surface area contributed by atoms with E-state index >= 15 is 0 Å². The molecule has 3 nitrogen and oxygen atoms in total. The van der Waals surface area contributed by atoms with E-state index in [1.165, 1.54) is 43.6 Å². The summed E-state index contributed by atoms with van der Waals surface area (Å²) in [4.78, 5) is 5.19. The van der Waals surface area contributed by atoms with Gasteiger partial charge in [-0.05, 0) is 31.5 Å². The van der Waals surface area contributed by atoms with Gasteiger partial charge in [0.1, 0.15) is 0 Å². The van der Waals surface area contributed by atoms with Crippen LogP contribution in [0.25, 0.3) is 0 Å². The maximum absolute atomic E-state index is 5.92. The van der Waals surface area contributed by atoms with Crippen LogP contribution in [-0.4, -0.2) is 37.1 Å².